The molecule has 0 N–H and O–H groups in total. The molecule has 1 heteroatoms. The molecule has 0 aliphatic heterocycles. The van der Waals surface area contributed by atoms with E-state index in [9.17, 15) is 0 Å². The molecule has 3 rings (SSSR count). The summed E-state index contributed by atoms with van der Waals surface area (Å²) < 4.78 is 0. The summed E-state index contributed by atoms with van der Waals surface area (Å²) in [5, 5.41) is 0. The molecular weight excluding hydrogens is 242 g/mol. The lowest BCUT2D eigenvalue weighted by Gasteiger charge is -2.08. The molecule has 0 bridgehead atoms. The third-order valence-electron chi connectivity index (χ3n) is 3.41. The molecule has 98 valence electrons. The average molecular weight is 259 g/mol. The van der Waals surface area contributed by atoms with Gasteiger partial charge in [-0.05, 0) is 37.1 Å². The number of hydrogen-bond acceptors (Lipinski definition) is 1. The summed E-state index contributed by atoms with van der Waals surface area (Å²) in [5.74, 6) is 0. The molecule has 0 atom stereocenters. The Bertz CT molecular complexity index is 713. The SMILES string of the molecule is Cc1ccc(-c2cc(C)nc(-c3ccccc3)c2)cc1. The Balaban J connectivity index is 2.09. The molecule has 1 aromatic heterocycles. The molecule has 0 spiro atoms. The standard InChI is InChI=1S/C19H17N/c1-14-8-10-16(11-9-14)18-12-15(2)20-19(13-18)17-6-4-3-5-7-17/h3-13H,1-2H3. The van der Waals surface area contributed by atoms with Crippen LogP contribution in [0.4, 0.5) is 0 Å². The van der Waals surface area contributed by atoms with Crippen molar-refractivity contribution in [1.82, 2.24) is 4.98 Å². The highest BCUT2D eigenvalue weighted by Crippen LogP contribution is 2.26. The van der Waals surface area contributed by atoms with Gasteiger partial charge in [0, 0.05) is 11.3 Å². The first kappa shape index (κ1) is 12.6. The maximum Gasteiger partial charge on any atom is 0.0711 e. The van der Waals surface area contributed by atoms with Gasteiger partial charge in [0.2, 0.25) is 0 Å². The highest BCUT2D eigenvalue weighted by Gasteiger charge is 2.04. The maximum absolute atomic E-state index is 4.65. The largest absolute Gasteiger partial charge is 0.253 e. The van der Waals surface area contributed by atoms with Crippen molar-refractivity contribution in [3.63, 3.8) is 0 Å². The summed E-state index contributed by atoms with van der Waals surface area (Å²) in [4.78, 5) is 4.65. The quantitative estimate of drug-likeness (QED) is 0.628. The highest BCUT2D eigenvalue weighted by molar-refractivity contribution is 5.71. The molecule has 1 heterocycles. The van der Waals surface area contributed by atoms with Gasteiger partial charge in [0.05, 0.1) is 5.69 Å². The topological polar surface area (TPSA) is 12.9 Å². The predicted molar refractivity (Wildman–Crippen MR) is 84.6 cm³/mol. The van der Waals surface area contributed by atoms with Crippen LogP contribution in [0.5, 0.6) is 0 Å². The molecule has 2 aromatic carbocycles. The average Bonchev–Trinajstić information content (AvgIpc) is 2.48. The number of aryl methyl sites for hydroxylation is 2. The van der Waals surface area contributed by atoms with E-state index in [4.69, 9.17) is 0 Å². The molecule has 3 aromatic rings. The fourth-order valence-electron chi connectivity index (χ4n) is 2.34. The Kier molecular flexibility index (Phi) is 3.34. The van der Waals surface area contributed by atoms with Crippen molar-refractivity contribution in [1.29, 1.82) is 0 Å². The van der Waals surface area contributed by atoms with Crippen molar-refractivity contribution in [3.05, 3.63) is 78.0 Å². The van der Waals surface area contributed by atoms with E-state index in [0.717, 1.165) is 17.0 Å². The Labute approximate surface area is 119 Å². The van der Waals surface area contributed by atoms with Crippen molar-refractivity contribution < 1.29 is 0 Å². The van der Waals surface area contributed by atoms with Crippen LogP contribution in [0.1, 0.15) is 11.3 Å². The van der Waals surface area contributed by atoms with Crippen molar-refractivity contribution in [3.8, 4) is 22.4 Å². The van der Waals surface area contributed by atoms with E-state index in [-0.39, 0.29) is 0 Å². The number of benzene rings is 2. The second-order valence-corrected chi connectivity index (χ2v) is 5.11. The lowest BCUT2D eigenvalue weighted by molar-refractivity contribution is 1.21. The van der Waals surface area contributed by atoms with E-state index >= 15 is 0 Å². The Morgan fingerprint density at radius 3 is 2.05 bits per heavy atom. The molecule has 0 aliphatic carbocycles. The predicted octanol–water partition coefficient (Wildman–Crippen LogP) is 5.03. The van der Waals surface area contributed by atoms with Crippen LogP contribution in [0.2, 0.25) is 0 Å². The van der Waals surface area contributed by atoms with Crippen molar-refractivity contribution in [2.45, 2.75) is 13.8 Å². The zero-order valence-corrected chi connectivity index (χ0v) is 11.8. The van der Waals surface area contributed by atoms with Gasteiger partial charge in [0.1, 0.15) is 0 Å². The van der Waals surface area contributed by atoms with Crippen LogP contribution in [0.25, 0.3) is 22.4 Å². The molecule has 0 unspecified atom stereocenters. The van der Waals surface area contributed by atoms with Gasteiger partial charge in [-0.1, -0.05) is 60.2 Å². The monoisotopic (exact) mass is 259 g/mol. The van der Waals surface area contributed by atoms with Gasteiger partial charge < -0.3 is 0 Å². The van der Waals surface area contributed by atoms with Gasteiger partial charge in [-0.2, -0.15) is 0 Å². The first-order valence-corrected chi connectivity index (χ1v) is 6.83. The summed E-state index contributed by atoms with van der Waals surface area (Å²) in [7, 11) is 0. The fourth-order valence-corrected chi connectivity index (χ4v) is 2.34. The zero-order valence-electron chi connectivity index (χ0n) is 11.8. The minimum absolute atomic E-state index is 1.03. The summed E-state index contributed by atoms with van der Waals surface area (Å²) in [6.45, 7) is 4.15. The molecule has 0 radical (unpaired) electrons. The van der Waals surface area contributed by atoms with Crippen molar-refractivity contribution in [2.24, 2.45) is 0 Å². The van der Waals surface area contributed by atoms with E-state index in [0.29, 0.717) is 0 Å². The van der Waals surface area contributed by atoms with Crippen LogP contribution in [0.3, 0.4) is 0 Å². The molecular formula is C19H17N. The Morgan fingerprint density at radius 1 is 0.650 bits per heavy atom. The van der Waals surface area contributed by atoms with Crippen molar-refractivity contribution >= 4 is 0 Å². The number of aromatic nitrogens is 1. The normalized spacial score (nSPS) is 10.5. The van der Waals surface area contributed by atoms with Crippen LogP contribution in [0.15, 0.2) is 66.7 Å². The molecule has 0 saturated heterocycles. The molecule has 0 amide bonds. The number of nitrogens with zero attached hydrogens (tertiary/aromatic N) is 1. The maximum atomic E-state index is 4.65. The van der Waals surface area contributed by atoms with Crippen LogP contribution in [-0.2, 0) is 0 Å². The summed E-state index contributed by atoms with van der Waals surface area (Å²) in [5.41, 5.74) is 6.96. The van der Waals surface area contributed by atoms with E-state index in [1.54, 1.807) is 0 Å². The molecule has 1 nitrogen and oxygen atoms in total. The smallest absolute Gasteiger partial charge is 0.0711 e. The Morgan fingerprint density at radius 2 is 1.35 bits per heavy atom. The second kappa shape index (κ2) is 5.30. The lowest BCUT2D eigenvalue weighted by atomic mass is 10.0. The van der Waals surface area contributed by atoms with Gasteiger partial charge >= 0.3 is 0 Å². The van der Waals surface area contributed by atoms with E-state index in [1.807, 2.05) is 25.1 Å². The van der Waals surface area contributed by atoms with Crippen LogP contribution >= 0.6 is 0 Å². The highest BCUT2D eigenvalue weighted by atomic mass is 14.7. The summed E-state index contributed by atoms with van der Waals surface area (Å²) >= 11 is 0. The van der Waals surface area contributed by atoms with Gasteiger partial charge in [-0.15, -0.1) is 0 Å². The molecule has 20 heavy (non-hydrogen) atoms. The van der Waals surface area contributed by atoms with Crippen LogP contribution in [-0.4, -0.2) is 4.98 Å². The fraction of sp³-hybridized carbons (Fsp3) is 0.105. The van der Waals surface area contributed by atoms with Crippen LogP contribution < -0.4 is 0 Å². The third kappa shape index (κ3) is 2.62. The first-order chi connectivity index (χ1) is 9.72. The van der Waals surface area contributed by atoms with Gasteiger partial charge in [-0.3, -0.25) is 4.98 Å². The number of hydrogen-bond donors (Lipinski definition) is 0. The third-order valence-corrected chi connectivity index (χ3v) is 3.41. The van der Waals surface area contributed by atoms with E-state index in [1.165, 1.54) is 16.7 Å². The molecule has 0 aliphatic rings. The van der Waals surface area contributed by atoms with Crippen LogP contribution in [0, 0.1) is 13.8 Å². The minimum atomic E-state index is 1.03. The lowest BCUT2D eigenvalue weighted by Crippen LogP contribution is -1.89. The summed E-state index contributed by atoms with van der Waals surface area (Å²) in [6, 6.07) is 23.2. The first-order valence-electron chi connectivity index (χ1n) is 6.83. The molecule has 0 fully saturated rings. The van der Waals surface area contributed by atoms with E-state index < -0.39 is 0 Å². The van der Waals surface area contributed by atoms with Gasteiger partial charge in [0.25, 0.3) is 0 Å². The Hall–Kier alpha value is -2.41. The second-order valence-electron chi connectivity index (χ2n) is 5.11. The van der Waals surface area contributed by atoms with Gasteiger partial charge in [0.15, 0.2) is 0 Å². The van der Waals surface area contributed by atoms with Crippen molar-refractivity contribution in [2.75, 3.05) is 0 Å². The zero-order chi connectivity index (χ0) is 13.9. The molecule has 0 saturated carbocycles. The number of pyridine rings is 1. The minimum Gasteiger partial charge on any atom is -0.253 e. The summed E-state index contributed by atoms with van der Waals surface area (Å²) in [6.07, 6.45) is 0. The van der Waals surface area contributed by atoms with E-state index in [2.05, 4.69) is 60.4 Å². The van der Waals surface area contributed by atoms with Gasteiger partial charge in [-0.25, -0.2) is 0 Å². The number of rotatable bonds is 2.